The fourth-order valence-electron chi connectivity index (χ4n) is 4.99. The summed E-state index contributed by atoms with van der Waals surface area (Å²) < 4.78 is 0. The van der Waals surface area contributed by atoms with Crippen LogP contribution in [0.5, 0.6) is 0 Å². The van der Waals surface area contributed by atoms with Crippen LogP contribution in [0.3, 0.4) is 0 Å². The molecule has 2 atom stereocenters. The molecule has 6 heteroatoms. The van der Waals surface area contributed by atoms with Crippen LogP contribution in [0.2, 0.25) is 0 Å². The second kappa shape index (κ2) is 9.37. The summed E-state index contributed by atoms with van der Waals surface area (Å²) in [5, 5.41) is 3.08. The Morgan fingerprint density at radius 2 is 1.59 bits per heavy atom. The smallest absolute Gasteiger partial charge is 0.223 e. The average molecular weight is 379 g/mol. The largest absolute Gasteiger partial charge is 0.356 e. The van der Waals surface area contributed by atoms with E-state index in [1.165, 1.54) is 0 Å². The molecule has 2 unspecified atom stereocenters. The summed E-state index contributed by atoms with van der Waals surface area (Å²) >= 11 is 0. The number of nitrogens with one attached hydrogen (secondary N) is 1. The number of hydrogen-bond acceptors (Lipinski definition) is 4. The standard InChI is InChI=1S/C21H38N4O2/c1-4-23-7-9-24(10-8-23)6-5-20(26)25-14-18-11-17(12-19(18)15-25)13-22-21(27)16(2)3/h16-19H,4-15H2,1-3H3,(H,22,27). The predicted octanol–water partition coefficient (Wildman–Crippen LogP) is 1.27. The van der Waals surface area contributed by atoms with Crippen LogP contribution in [0.1, 0.15) is 40.0 Å². The number of hydrogen-bond donors (Lipinski definition) is 1. The molecule has 0 bridgehead atoms. The number of carbonyl (C=O) groups is 2. The molecular weight excluding hydrogens is 340 g/mol. The number of carbonyl (C=O) groups excluding carboxylic acids is 2. The molecule has 1 aliphatic carbocycles. The maximum atomic E-state index is 12.6. The fourth-order valence-corrected chi connectivity index (χ4v) is 4.99. The minimum atomic E-state index is 0.0592. The molecule has 2 heterocycles. The summed E-state index contributed by atoms with van der Waals surface area (Å²) in [6, 6.07) is 0. The van der Waals surface area contributed by atoms with Gasteiger partial charge in [-0.25, -0.2) is 0 Å². The molecule has 6 nitrogen and oxygen atoms in total. The zero-order valence-electron chi connectivity index (χ0n) is 17.5. The summed E-state index contributed by atoms with van der Waals surface area (Å²) in [4.78, 5) is 31.4. The van der Waals surface area contributed by atoms with Crippen LogP contribution in [0.25, 0.3) is 0 Å². The molecule has 0 aromatic rings. The van der Waals surface area contributed by atoms with Gasteiger partial charge in [0, 0.05) is 64.7 Å². The predicted molar refractivity (Wildman–Crippen MR) is 107 cm³/mol. The number of rotatable bonds is 7. The first kappa shape index (κ1) is 20.6. The van der Waals surface area contributed by atoms with E-state index in [4.69, 9.17) is 0 Å². The van der Waals surface area contributed by atoms with Gasteiger partial charge in [-0.15, -0.1) is 0 Å². The van der Waals surface area contributed by atoms with Crippen molar-refractivity contribution in [3.8, 4) is 0 Å². The number of nitrogens with zero attached hydrogens (tertiary/aromatic N) is 3. The number of piperazine rings is 1. The van der Waals surface area contributed by atoms with Crippen LogP contribution in [-0.4, -0.2) is 85.4 Å². The molecule has 3 fully saturated rings. The van der Waals surface area contributed by atoms with E-state index in [0.29, 0.717) is 30.1 Å². The molecular formula is C21H38N4O2. The van der Waals surface area contributed by atoms with Crippen molar-refractivity contribution < 1.29 is 9.59 Å². The van der Waals surface area contributed by atoms with E-state index >= 15 is 0 Å². The van der Waals surface area contributed by atoms with Crippen LogP contribution in [0, 0.1) is 23.7 Å². The Kier molecular flexibility index (Phi) is 7.15. The van der Waals surface area contributed by atoms with E-state index < -0.39 is 0 Å². The van der Waals surface area contributed by atoms with Gasteiger partial charge in [0.15, 0.2) is 0 Å². The van der Waals surface area contributed by atoms with Gasteiger partial charge >= 0.3 is 0 Å². The molecule has 0 spiro atoms. The first-order valence-electron chi connectivity index (χ1n) is 11.0. The number of fused-ring (bicyclic) bond motifs is 1. The van der Waals surface area contributed by atoms with Crippen molar-refractivity contribution >= 4 is 11.8 Å². The topological polar surface area (TPSA) is 55.9 Å². The first-order valence-corrected chi connectivity index (χ1v) is 11.0. The lowest BCUT2D eigenvalue weighted by Crippen LogP contribution is -2.47. The summed E-state index contributed by atoms with van der Waals surface area (Å²) in [5.41, 5.74) is 0. The van der Waals surface area contributed by atoms with Gasteiger partial charge in [0.2, 0.25) is 11.8 Å². The Labute approximate surface area is 164 Å². The van der Waals surface area contributed by atoms with E-state index in [1.54, 1.807) is 0 Å². The van der Waals surface area contributed by atoms with E-state index in [2.05, 4.69) is 26.9 Å². The second-order valence-electron chi connectivity index (χ2n) is 9.08. The average Bonchev–Trinajstić information content (AvgIpc) is 3.23. The fraction of sp³-hybridized carbons (Fsp3) is 0.905. The minimum Gasteiger partial charge on any atom is -0.356 e. The molecule has 2 saturated heterocycles. The van der Waals surface area contributed by atoms with Crippen molar-refractivity contribution in [2.75, 3.05) is 58.9 Å². The third-order valence-corrected chi connectivity index (χ3v) is 6.84. The van der Waals surface area contributed by atoms with Gasteiger partial charge in [0.05, 0.1) is 0 Å². The first-order chi connectivity index (χ1) is 13.0. The molecule has 2 amide bonds. The maximum absolute atomic E-state index is 12.6. The molecule has 27 heavy (non-hydrogen) atoms. The highest BCUT2D eigenvalue weighted by Gasteiger charge is 2.42. The van der Waals surface area contributed by atoms with Crippen molar-refractivity contribution in [2.45, 2.75) is 40.0 Å². The van der Waals surface area contributed by atoms with Gasteiger partial charge in [0.25, 0.3) is 0 Å². The summed E-state index contributed by atoms with van der Waals surface area (Å²) in [5.74, 6) is 2.43. The molecule has 1 saturated carbocycles. The summed E-state index contributed by atoms with van der Waals surface area (Å²) in [7, 11) is 0. The highest BCUT2D eigenvalue weighted by molar-refractivity contribution is 5.78. The number of likely N-dealkylation sites (tertiary alicyclic amines) is 1. The molecule has 3 rings (SSSR count). The Morgan fingerprint density at radius 1 is 1.00 bits per heavy atom. The third kappa shape index (κ3) is 5.44. The van der Waals surface area contributed by atoms with Crippen LogP contribution >= 0.6 is 0 Å². The van der Waals surface area contributed by atoms with Gasteiger partial charge < -0.3 is 20.0 Å². The minimum absolute atomic E-state index is 0.0592. The molecule has 0 aromatic heterocycles. The van der Waals surface area contributed by atoms with Crippen LogP contribution < -0.4 is 5.32 Å². The Morgan fingerprint density at radius 3 is 2.15 bits per heavy atom. The van der Waals surface area contributed by atoms with Crippen molar-refractivity contribution in [2.24, 2.45) is 23.7 Å². The van der Waals surface area contributed by atoms with Crippen molar-refractivity contribution in [1.29, 1.82) is 0 Å². The highest BCUT2D eigenvalue weighted by atomic mass is 16.2. The van der Waals surface area contributed by atoms with Gasteiger partial charge in [0.1, 0.15) is 0 Å². The SMILES string of the molecule is CCN1CCN(CCC(=O)N2CC3CC(CNC(=O)C(C)C)CC3C2)CC1. The monoisotopic (exact) mass is 378 g/mol. The molecule has 0 radical (unpaired) electrons. The van der Waals surface area contributed by atoms with Crippen molar-refractivity contribution in [1.82, 2.24) is 20.0 Å². The maximum Gasteiger partial charge on any atom is 0.223 e. The highest BCUT2D eigenvalue weighted by Crippen LogP contribution is 2.41. The van der Waals surface area contributed by atoms with E-state index in [1.807, 2.05) is 13.8 Å². The molecule has 3 aliphatic rings. The lowest BCUT2D eigenvalue weighted by Gasteiger charge is -2.34. The van der Waals surface area contributed by atoms with E-state index in [0.717, 1.165) is 71.7 Å². The van der Waals surface area contributed by atoms with Gasteiger partial charge in [-0.1, -0.05) is 20.8 Å². The summed E-state index contributed by atoms with van der Waals surface area (Å²) in [6.07, 6.45) is 2.98. The second-order valence-corrected chi connectivity index (χ2v) is 9.08. The lowest BCUT2D eigenvalue weighted by atomic mass is 10.0. The molecule has 0 aromatic carbocycles. The van der Waals surface area contributed by atoms with Crippen molar-refractivity contribution in [3.05, 3.63) is 0 Å². The lowest BCUT2D eigenvalue weighted by molar-refractivity contribution is -0.131. The quantitative estimate of drug-likeness (QED) is 0.725. The van der Waals surface area contributed by atoms with Crippen LogP contribution in [0.15, 0.2) is 0 Å². The zero-order valence-corrected chi connectivity index (χ0v) is 17.5. The molecule has 1 N–H and O–H groups in total. The van der Waals surface area contributed by atoms with Crippen molar-refractivity contribution in [3.63, 3.8) is 0 Å². The third-order valence-electron chi connectivity index (χ3n) is 6.84. The normalized spacial score (nSPS) is 29.3. The Balaban J connectivity index is 1.34. The zero-order chi connectivity index (χ0) is 19.4. The van der Waals surface area contributed by atoms with Crippen LogP contribution in [0.4, 0.5) is 0 Å². The molecule has 2 aliphatic heterocycles. The Bertz CT molecular complexity index is 502. The Hall–Kier alpha value is -1.14. The van der Waals surface area contributed by atoms with E-state index in [9.17, 15) is 9.59 Å². The van der Waals surface area contributed by atoms with Gasteiger partial charge in [-0.2, -0.15) is 0 Å². The van der Waals surface area contributed by atoms with E-state index in [-0.39, 0.29) is 11.8 Å². The number of amides is 2. The number of likely N-dealkylation sites (N-methyl/N-ethyl adjacent to an activating group) is 1. The van der Waals surface area contributed by atoms with Gasteiger partial charge in [-0.05, 0) is 37.1 Å². The van der Waals surface area contributed by atoms with Gasteiger partial charge in [-0.3, -0.25) is 9.59 Å². The summed E-state index contributed by atoms with van der Waals surface area (Å²) in [6.45, 7) is 15.2. The van der Waals surface area contributed by atoms with Crippen LogP contribution in [-0.2, 0) is 9.59 Å². The molecule has 154 valence electrons.